The summed E-state index contributed by atoms with van der Waals surface area (Å²) in [5, 5.41) is 3.67. The van der Waals surface area contributed by atoms with Crippen molar-refractivity contribution in [3.05, 3.63) is 41.3 Å². The van der Waals surface area contributed by atoms with Crippen molar-refractivity contribution in [1.29, 1.82) is 0 Å². The third-order valence-electron chi connectivity index (χ3n) is 4.34. The fraction of sp³-hybridized carbons (Fsp3) is 0.438. The van der Waals surface area contributed by atoms with Crippen LogP contribution in [-0.4, -0.2) is 44.1 Å². The number of benzene rings is 1. The van der Waals surface area contributed by atoms with Crippen LogP contribution in [0.15, 0.2) is 33.7 Å². The van der Waals surface area contributed by atoms with Crippen LogP contribution in [0.5, 0.6) is 0 Å². The lowest BCUT2D eigenvalue weighted by molar-refractivity contribution is -0.137. The van der Waals surface area contributed by atoms with Crippen LogP contribution < -0.4 is 4.90 Å². The van der Waals surface area contributed by atoms with Gasteiger partial charge in [-0.2, -0.15) is 17.5 Å². The summed E-state index contributed by atoms with van der Waals surface area (Å²) in [6.45, 7) is 4.02. The molecule has 2 aromatic rings. The van der Waals surface area contributed by atoms with Crippen LogP contribution in [0.4, 0.5) is 18.9 Å². The van der Waals surface area contributed by atoms with Crippen LogP contribution in [0.3, 0.4) is 0 Å². The Balaban J connectivity index is 1.76. The molecular formula is C16H18F3N3O3S. The van der Waals surface area contributed by atoms with Crippen LogP contribution in [0.25, 0.3) is 0 Å². The zero-order valence-electron chi connectivity index (χ0n) is 14.2. The third-order valence-corrected chi connectivity index (χ3v) is 6.49. The lowest BCUT2D eigenvalue weighted by Gasteiger charge is -2.35. The van der Waals surface area contributed by atoms with Crippen LogP contribution in [0.1, 0.15) is 17.0 Å². The van der Waals surface area contributed by atoms with E-state index in [0.717, 1.165) is 12.1 Å². The number of nitrogens with zero attached hydrogens (tertiary/aromatic N) is 3. The number of piperazine rings is 1. The molecule has 0 atom stereocenters. The maximum atomic E-state index is 12.9. The molecule has 1 saturated heterocycles. The van der Waals surface area contributed by atoms with Gasteiger partial charge in [0.15, 0.2) is 5.76 Å². The lowest BCUT2D eigenvalue weighted by atomic mass is 10.1. The Morgan fingerprint density at radius 3 is 2.31 bits per heavy atom. The molecule has 0 aliphatic carbocycles. The zero-order chi connectivity index (χ0) is 19.1. The minimum atomic E-state index is -4.41. The Hall–Kier alpha value is -2.07. The number of rotatable bonds is 3. The summed E-state index contributed by atoms with van der Waals surface area (Å²) in [4.78, 5) is 1.80. The van der Waals surface area contributed by atoms with E-state index in [1.165, 1.54) is 17.3 Å². The average Bonchev–Trinajstić information content (AvgIpc) is 2.93. The minimum Gasteiger partial charge on any atom is -0.369 e. The Morgan fingerprint density at radius 2 is 1.77 bits per heavy atom. The molecular weight excluding hydrogens is 371 g/mol. The smallest absolute Gasteiger partial charge is 0.369 e. The molecule has 3 rings (SSSR count). The van der Waals surface area contributed by atoms with Gasteiger partial charge >= 0.3 is 6.18 Å². The number of hydrogen-bond acceptors (Lipinski definition) is 5. The first kappa shape index (κ1) is 18.7. The molecule has 0 amide bonds. The quantitative estimate of drug-likeness (QED) is 0.808. The number of alkyl halides is 3. The molecule has 1 aromatic heterocycles. The van der Waals surface area contributed by atoms with E-state index in [0.29, 0.717) is 24.5 Å². The molecule has 26 heavy (non-hydrogen) atoms. The predicted octanol–water partition coefficient (Wildman–Crippen LogP) is 2.82. The van der Waals surface area contributed by atoms with Crippen molar-refractivity contribution >= 4 is 15.7 Å². The largest absolute Gasteiger partial charge is 0.416 e. The van der Waals surface area contributed by atoms with Crippen molar-refractivity contribution in [2.45, 2.75) is 24.9 Å². The Kier molecular flexibility index (Phi) is 4.74. The normalized spacial score (nSPS) is 16.9. The van der Waals surface area contributed by atoms with Crippen LogP contribution in [-0.2, 0) is 16.2 Å². The zero-order valence-corrected chi connectivity index (χ0v) is 15.1. The van der Waals surface area contributed by atoms with E-state index in [1.807, 2.05) is 0 Å². The van der Waals surface area contributed by atoms with Gasteiger partial charge in [-0.05, 0) is 32.0 Å². The summed E-state index contributed by atoms with van der Waals surface area (Å²) in [5.74, 6) is 0.225. The first-order valence-electron chi connectivity index (χ1n) is 7.96. The number of hydrogen-bond donors (Lipinski definition) is 0. The molecule has 1 aliphatic heterocycles. The fourth-order valence-corrected chi connectivity index (χ4v) is 4.75. The Morgan fingerprint density at radius 1 is 1.12 bits per heavy atom. The van der Waals surface area contributed by atoms with E-state index in [1.54, 1.807) is 17.9 Å². The summed E-state index contributed by atoms with van der Waals surface area (Å²) >= 11 is 0. The molecule has 142 valence electrons. The molecule has 1 fully saturated rings. The van der Waals surface area contributed by atoms with E-state index in [2.05, 4.69) is 5.16 Å². The van der Waals surface area contributed by atoms with Gasteiger partial charge in [0.05, 0.1) is 5.56 Å². The first-order valence-corrected chi connectivity index (χ1v) is 9.40. The maximum Gasteiger partial charge on any atom is 0.416 e. The number of halogens is 3. The molecule has 0 radical (unpaired) electrons. The van der Waals surface area contributed by atoms with E-state index in [4.69, 9.17) is 4.52 Å². The summed E-state index contributed by atoms with van der Waals surface area (Å²) < 4.78 is 70.4. The van der Waals surface area contributed by atoms with Crippen molar-refractivity contribution in [2.24, 2.45) is 0 Å². The second kappa shape index (κ2) is 6.58. The second-order valence-corrected chi connectivity index (χ2v) is 7.97. The third kappa shape index (κ3) is 3.43. The minimum absolute atomic E-state index is 0.0602. The Bertz CT molecular complexity index is 881. The van der Waals surface area contributed by atoms with Crippen molar-refractivity contribution in [3.63, 3.8) is 0 Å². The molecule has 6 nitrogen and oxygen atoms in total. The van der Waals surface area contributed by atoms with Gasteiger partial charge in [0.2, 0.25) is 10.0 Å². The average molecular weight is 389 g/mol. The molecule has 0 bridgehead atoms. The molecule has 0 unspecified atom stereocenters. The van der Waals surface area contributed by atoms with Crippen molar-refractivity contribution < 1.29 is 26.1 Å². The highest BCUT2D eigenvalue weighted by atomic mass is 32.2. The summed E-state index contributed by atoms with van der Waals surface area (Å²) in [7, 11) is -3.75. The summed E-state index contributed by atoms with van der Waals surface area (Å²) in [5.41, 5.74) is -0.00204. The van der Waals surface area contributed by atoms with E-state index < -0.39 is 21.8 Å². The lowest BCUT2D eigenvalue weighted by Crippen LogP contribution is -2.48. The van der Waals surface area contributed by atoms with Gasteiger partial charge in [0.25, 0.3) is 0 Å². The fourth-order valence-electron chi connectivity index (χ4n) is 3.04. The monoisotopic (exact) mass is 389 g/mol. The highest BCUT2D eigenvalue weighted by Crippen LogP contribution is 2.32. The molecule has 0 N–H and O–H groups in total. The van der Waals surface area contributed by atoms with Gasteiger partial charge in [-0.1, -0.05) is 11.2 Å². The van der Waals surface area contributed by atoms with Crippen molar-refractivity contribution in [3.8, 4) is 0 Å². The highest BCUT2D eigenvalue weighted by molar-refractivity contribution is 7.89. The molecule has 10 heteroatoms. The molecule has 1 aromatic carbocycles. The first-order chi connectivity index (χ1) is 12.1. The highest BCUT2D eigenvalue weighted by Gasteiger charge is 2.34. The Labute approximate surface area is 149 Å². The van der Waals surface area contributed by atoms with Crippen molar-refractivity contribution in [2.75, 3.05) is 31.1 Å². The van der Waals surface area contributed by atoms with Gasteiger partial charge in [0, 0.05) is 31.9 Å². The summed E-state index contributed by atoms with van der Waals surface area (Å²) in [6.07, 6.45) is -4.41. The van der Waals surface area contributed by atoms with E-state index in [9.17, 15) is 21.6 Å². The van der Waals surface area contributed by atoms with Gasteiger partial charge in [0.1, 0.15) is 10.6 Å². The van der Waals surface area contributed by atoms with Crippen molar-refractivity contribution in [1.82, 2.24) is 9.46 Å². The number of aryl methyl sites for hydroxylation is 2. The standard InChI is InChI=1S/C16H18F3N3O3S/c1-11-15(12(2)25-20-11)26(23,24)22-8-6-21(7-9-22)14-5-3-4-13(10-14)16(17,18)19/h3-5,10H,6-9H2,1-2H3. The summed E-state index contributed by atoms with van der Waals surface area (Å²) in [6, 6.07) is 5.04. The van der Waals surface area contributed by atoms with Crippen LogP contribution in [0.2, 0.25) is 0 Å². The van der Waals surface area contributed by atoms with Gasteiger partial charge < -0.3 is 9.42 Å². The number of sulfonamides is 1. The predicted molar refractivity (Wildman–Crippen MR) is 88.4 cm³/mol. The van der Waals surface area contributed by atoms with Gasteiger partial charge in [-0.3, -0.25) is 0 Å². The molecule has 1 aliphatic rings. The molecule has 0 spiro atoms. The molecule has 2 heterocycles. The van der Waals surface area contributed by atoms with Gasteiger partial charge in [-0.25, -0.2) is 8.42 Å². The second-order valence-electron chi connectivity index (χ2n) is 6.09. The van der Waals surface area contributed by atoms with E-state index >= 15 is 0 Å². The number of aromatic nitrogens is 1. The van der Waals surface area contributed by atoms with Crippen LogP contribution >= 0.6 is 0 Å². The maximum absolute atomic E-state index is 12.9. The van der Waals surface area contributed by atoms with E-state index in [-0.39, 0.29) is 23.7 Å². The van der Waals surface area contributed by atoms with Gasteiger partial charge in [-0.15, -0.1) is 0 Å². The molecule has 0 saturated carbocycles. The SMILES string of the molecule is Cc1noc(C)c1S(=O)(=O)N1CCN(c2cccc(C(F)(F)F)c2)CC1. The topological polar surface area (TPSA) is 66.7 Å². The van der Waals surface area contributed by atoms with Crippen LogP contribution in [0, 0.1) is 13.8 Å². The number of anilines is 1.